The number of nitrogens with one attached hydrogen (secondary N) is 1. The van der Waals surface area contributed by atoms with Gasteiger partial charge in [0.1, 0.15) is 6.54 Å². The Labute approximate surface area is 117 Å². The van der Waals surface area contributed by atoms with Crippen LogP contribution in [0.5, 0.6) is 0 Å². The Morgan fingerprint density at radius 2 is 2.00 bits per heavy atom. The highest BCUT2D eigenvalue weighted by Gasteiger charge is 2.19. The number of nitrogens with zero attached hydrogens (tertiary/aromatic N) is 1. The summed E-state index contributed by atoms with van der Waals surface area (Å²) in [5.41, 5.74) is 0. The SMILES string of the molecule is CCc1ccc(CNC(=O)N(CC(=O)O)C(C)C)s1. The van der Waals surface area contributed by atoms with Gasteiger partial charge in [-0.15, -0.1) is 11.3 Å². The predicted octanol–water partition coefficient (Wildman–Crippen LogP) is 2.32. The van der Waals surface area contributed by atoms with Gasteiger partial charge in [-0.3, -0.25) is 4.79 Å². The van der Waals surface area contributed by atoms with Crippen molar-refractivity contribution in [3.63, 3.8) is 0 Å². The number of urea groups is 1. The van der Waals surface area contributed by atoms with Crippen LogP contribution in [0.15, 0.2) is 12.1 Å². The molecule has 0 atom stereocenters. The van der Waals surface area contributed by atoms with Crippen molar-refractivity contribution >= 4 is 23.3 Å². The normalized spacial score (nSPS) is 10.5. The van der Waals surface area contributed by atoms with Gasteiger partial charge in [-0.25, -0.2) is 4.79 Å². The summed E-state index contributed by atoms with van der Waals surface area (Å²) >= 11 is 1.66. The van der Waals surface area contributed by atoms with E-state index in [0.29, 0.717) is 6.54 Å². The molecule has 0 radical (unpaired) electrons. The molecule has 0 fully saturated rings. The highest BCUT2D eigenvalue weighted by Crippen LogP contribution is 2.16. The highest BCUT2D eigenvalue weighted by molar-refractivity contribution is 7.11. The van der Waals surface area contributed by atoms with Crippen molar-refractivity contribution in [1.82, 2.24) is 10.2 Å². The first-order chi connectivity index (χ1) is 8.93. The second kappa shape index (κ2) is 7.13. The van der Waals surface area contributed by atoms with E-state index in [1.165, 1.54) is 9.78 Å². The second-order valence-corrected chi connectivity index (χ2v) is 5.75. The van der Waals surface area contributed by atoms with Crippen LogP contribution in [0, 0.1) is 0 Å². The lowest BCUT2D eigenvalue weighted by Crippen LogP contribution is -2.46. The summed E-state index contributed by atoms with van der Waals surface area (Å²) in [4.78, 5) is 26.3. The van der Waals surface area contributed by atoms with Crippen molar-refractivity contribution in [2.24, 2.45) is 0 Å². The number of rotatable bonds is 6. The number of amides is 2. The molecule has 19 heavy (non-hydrogen) atoms. The molecule has 2 N–H and O–H groups in total. The standard InChI is InChI=1S/C13H20N2O3S/c1-4-10-5-6-11(19-10)7-14-13(18)15(9(2)3)8-12(16)17/h5-6,9H,4,7-8H2,1-3H3,(H,14,18)(H,16,17). The number of hydrogen-bond acceptors (Lipinski definition) is 3. The quantitative estimate of drug-likeness (QED) is 0.842. The summed E-state index contributed by atoms with van der Waals surface area (Å²) in [5, 5.41) is 11.5. The minimum absolute atomic E-state index is 0.148. The lowest BCUT2D eigenvalue weighted by molar-refractivity contribution is -0.138. The van der Waals surface area contributed by atoms with E-state index in [0.717, 1.165) is 11.3 Å². The van der Waals surface area contributed by atoms with Crippen LogP contribution < -0.4 is 5.32 Å². The van der Waals surface area contributed by atoms with Crippen molar-refractivity contribution < 1.29 is 14.7 Å². The molecule has 0 aliphatic carbocycles. The molecule has 1 aromatic heterocycles. The van der Waals surface area contributed by atoms with E-state index < -0.39 is 5.97 Å². The number of aryl methyl sites for hydroxylation is 1. The van der Waals surface area contributed by atoms with Gasteiger partial charge in [0.2, 0.25) is 0 Å². The Hall–Kier alpha value is -1.56. The summed E-state index contributed by atoms with van der Waals surface area (Å²) in [6.45, 7) is 5.83. The first kappa shape index (κ1) is 15.5. The van der Waals surface area contributed by atoms with Gasteiger partial charge in [-0.2, -0.15) is 0 Å². The zero-order valence-corrected chi connectivity index (χ0v) is 12.3. The van der Waals surface area contributed by atoms with E-state index in [-0.39, 0.29) is 18.6 Å². The molecule has 0 bridgehead atoms. The Balaban J connectivity index is 2.54. The Morgan fingerprint density at radius 1 is 1.37 bits per heavy atom. The molecule has 0 aliphatic heterocycles. The van der Waals surface area contributed by atoms with Crippen LogP contribution in [0.1, 0.15) is 30.5 Å². The van der Waals surface area contributed by atoms with Crippen molar-refractivity contribution in [2.45, 2.75) is 39.8 Å². The molecule has 5 nitrogen and oxygen atoms in total. The van der Waals surface area contributed by atoms with Gasteiger partial charge >= 0.3 is 12.0 Å². The average Bonchev–Trinajstić information content (AvgIpc) is 2.80. The molecule has 0 spiro atoms. The van der Waals surface area contributed by atoms with Gasteiger partial charge < -0.3 is 15.3 Å². The zero-order chi connectivity index (χ0) is 14.4. The van der Waals surface area contributed by atoms with E-state index >= 15 is 0 Å². The maximum Gasteiger partial charge on any atom is 0.323 e. The van der Waals surface area contributed by atoms with E-state index in [4.69, 9.17) is 5.11 Å². The number of hydrogen-bond donors (Lipinski definition) is 2. The molecule has 0 saturated carbocycles. The van der Waals surface area contributed by atoms with Crippen molar-refractivity contribution in [3.8, 4) is 0 Å². The van der Waals surface area contributed by atoms with Crippen LogP contribution in [0.2, 0.25) is 0 Å². The summed E-state index contributed by atoms with van der Waals surface area (Å²) in [5.74, 6) is -1.01. The van der Waals surface area contributed by atoms with Crippen LogP contribution >= 0.6 is 11.3 Å². The van der Waals surface area contributed by atoms with Crippen LogP contribution in [0.25, 0.3) is 0 Å². The first-order valence-corrected chi connectivity index (χ1v) is 7.09. The first-order valence-electron chi connectivity index (χ1n) is 6.27. The van der Waals surface area contributed by atoms with Gasteiger partial charge in [0.25, 0.3) is 0 Å². The Morgan fingerprint density at radius 3 is 2.47 bits per heavy atom. The Kier molecular flexibility index (Phi) is 5.82. The number of carboxylic acid groups (broad SMARTS) is 1. The molecule has 0 aromatic carbocycles. The number of carbonyl (C=O) groups excluding carboxylic acids is 1. The maximum absolute atomic E-state index is 11.9. The fourth-order valence-corrected chi connectivity index (χ4v) is 2.50. The van der Waals surface area contributed by atoms with Gasteiger partial charge in [0.15, 0.2) is 0 Å². The molecule has 0 saturated heterocycles. The molecule has 106 valence electrons. The number of thiophene rings is 1. The molecule has 0 unspecified atom stereocenters. The topological polar surface area (TPSA) is 69.6 Å². The summed E-state index contributed by atoms with van der Waals surface area (Å²) in [7, 11) is 0. The van der Waals surface area contributed by atoms with Crippen LogP contribution in [-0.4, -0.2) is 34.6 Å². The zero-order valence-electron chi connectivity index (χ0n) is 11.5. The number of carboxylic acids is 1. The molecule has 0 aliphatic rings. The van der Waals surface area contributed by atoms with E-state index in [2.05, 4.69) is 12.2 Å². The van der Waals surface area contributed by atoms with Crippen LogP contribution in [0.3, 0.4) is 0 Å². The monoisotopic (exact) mass is 284 g/mol. The van der Waals surface area contributed by atoms with Gasteiger partial charge in [-0.1, -0.05) is 6.92 Å². The molecule has 6 heteroatoms. The molecular formula is C13H20N2O3S. The third-order valence-electron chi connectivity index (χ3n) is 2.67. The molecule has 1 heterocycles. The third-order valence-corrected chi connectivity index (χ3v) is 3.90. The fourth-order valence-electron chi connectivity index (χ4n) is 1.61. The molecule has 2 amide bonds. The van der Waals surface area contributed by atoms with E-state index in [1.807, 2.05) is 12.1 Å². The number of aliphatic carboxylic acids is 1. The van der Waals surface area contributed by atoms with Crippen LogP contribution in [-0.2, 0) is 17.8 Å². The van der Waals surface area contributed by atoms with Crippen molar-refractivity contribution in [2.75, 3.05) is 6.54 Å². The largest absolute Gasteiger partial charge is 0.480 e. The van der Waals surface area contributed by atoms with E-state index in [9.17, 15) is 9.59 Å². The lowest BCUT2D eigenvalue weighted by Gasteiger charge is -2.24. The van der Waals surface area contributed by atoms with Gasteiger partial charge in [-0.05, 0) is 32.4 Å². The summed E-state index contributed by atoms with van der Waals surface area (Å²) < 4.78 is 0. The van der Waals surface area contributed by atoms with Gasteiger partial charge in [0.05, 0.1) is 6.54 Å². The average molecular weight is 284 g/mol. The minimum Gasteiger partial charge on any atom is -0.480 e. The van der Waals surface area contributed by atoms with Gasteiger partial charge in [0, 0.05) is 15.8 Å². The smallest absolute Gasteiger partial charge is 0.323 e. The third kappa shape index (κ3) is 4.90. The highest BCUT2D eigenvalue weighted by atomic mass is 32.1. The molecule has 1 aromatic rings. The summed E-state index contributed by atoms with van der Waals surface area (Å²) in [6, 6.07) is 3.54. The second-order valence-electron chi connectivity index (χ2n) is 4.50. The molecular weight excluding hydrogens is 264 g/mol. The number of carbonyl (C=O) groups is 2. The van der Waals surface area contributed by atoms with Crippen molar-refractivity contribution in [3.05, 3.63) is 21.9 Å². The maximum atomic E-state index is 11.9. The fraction of sp³-hybridized carbons (Fsp3) is 0.538. The molecule has 1 rings (SSSR count). The van der Waals surface area contributed by atoms with Crippen LogP contribution in [0.4, 0.5) is 4.79 Å². The van der Waals surface area contributed by atoms with Crippen molar-refractivity contribution in [1.29, 1.82) is 0 Å². The predicted molar refractivity (Wildman–Crippen MR) is 75.4 cm³/mol. The Bertz CT molecular complexity index is 443. The van der Waals surface area contributed by atoms with E-state index in [1.54, 1.807) is 25.2 Å². The minimum atomic E-state index is -1.01. The summed E-state index contributed by atoms with van der Waals surface area (Å²) in [6.07, 6.45) is 0.982. The lowest BCUT2D eigenvalue weighted by atomic mass is 10.3.